The average Bonchev–Trinajstić information content (AvgIpc) is 3.74. The largest absolute Gasteiger partial charge is 0.573 e. The Morgan fingerprint density at radius 1 is 1.19 bits per heavy atom. The first kappa shape index (κ1) is 24.5. The van der Waals surface area contributed by atoms with Crippen molar-refractivity contribution < 1.29 is 32.3 Å². The minimum atomic E-state index is -4.74. The number of ether oxygens (including phenoxy) is 1. The molecule has 4 atom stereocenters. The van der Waals surface area contributed by atoms with Gasteiger partial charge in [0.2, 0.25) is 5.91 Å². The van der Waals surface area contributed by atoms with E-state index in [4.69, 9.17) is 0 Å². The zero-order valence-electron chi connectivity index (χ0n) is 19.9. The smallest absolute Gasteiger partial charge is 0.406 e. The van der Waals surface area contributed by atoms with Gasteiger partial charge in [-0.15, -0.1) is 13.2 Å². The standard InChI is InChI=1S/C24H30F3N5O4/c1-28-21(34)31-11-16(9-23(13-31)10-20(33)29-12-23)32(15-4-5-15)22(35)30-19-8-18(19)14-2-6-17(7-3-14)36-24(25,26)27/h2-3,6-7,15-16,18-19H,4-5,8-13H2,1H3,(H,28,34)(H,29,33)(H,30,35)/t16-,18?,19?,23?/m1/s1. The molecule has 1 aromatic rings. The van der Waals surface area contributed by atoms with Gasteiger partial charge in [0.25, 0.3) is 0 Å². The molecule has 2 aliphatic carbocycles. The van der Waals surface area contributed by atoms with Gasteiger partial charge in [0.05, 0.1) is 6.04 Å². The monoisotopic (exact) mass is 509 g/mol. The van der Waals surface area contributed by atoms with E-state index in [0.717, 1.165) is 18.4 Å². The van der Waals surface area contributed by atoms with Gasteiger partial charge in [-0.05, 0) is 43.4 Å². The van der Waals surface area contributed by atoms with Crippen LogP contribution in [0.5, 0.6) is 5.75 Å². The van der Waals surface area contributed by atoms with Crippen molar-refractivity contribution in [2.75, 3.05) is 26.7 Å². The number of piperidine rings is 1. The van der Waals surface area contributed by atoms with E-state index in [9.17, 15) is 27.6 Å². The van der Waals surface area contributed by atoms with Gasteiger partial charge in [-0.25, -0.2) is 9.59 Å². The van der Waals surface area contributed by atoms with Crippen molar-refractivity contribution in [2.24, 2.45) is 5.41 Å². The quantitative estimate of drug-likeness (QED) is 0.568. The van der Waals surface area contributed by atoms with E-state index in [2.05, 4.69) is 20.7 Å². The van der Waals surface area contributed by atoms with E-state index in [1.807, 2.05) is 4.90 Å². The predicted octanol–water partition coefficient (Wildman–Crippen LogP) is 2.54. The number of nitrogens with one attached hydrogen (secondary N) is 3. The van der Waals surface area contributed by atoms with Crippen molar-refractivity contribution in [2.45, 2.75) is 62.5 Å². The Hall–Kier alpha value is -3.18. The van der Waals surface area contributed by atoms with Gasteiger partial charge < -0.3 is 30.5 Å². The Labute approximate surface area is 206 Å². The van der Waals surface area contributed by atoms with Crippen LogP contribution in [0.15, 0.2) is 24.3 Å². The summed E-state index contributed by atoms with van der Waals surface area (Å²) in [6, 6.07) is 5.08. The first-order valence-electron chi connectivity index (χ1n) is 12.2. The minimum absolute atomic E-state index is 0.0201. The van der Waals surface area contributed by atoms with Gasteiger partial charge in [-0.1, -0.05) is 12.1 Å². The van der Waals surface area contributed by atoms with Crippen LogP contribution in [0.3, 0.4) is 0 Å². The Kier molecular flexibility index (Phi) is 6.16. The van der Waals surface area contributed by atoms with E-state index < -0.39 is 11.8 Å². The lowest BCUT2D eigenvalue weighted by Gasteiger charge is -2.47. The Morgan fingerprint density at radius 3 is 2.50 bits per heavy atom. The van der Waals surface area contributed by atoms with Crippen LogP contribution in [0, 0.1) is 5.41 Å². The van der Waals surface area contributed by atoms with E-state index in [-0.39, 0.29) is 47.8 Å². The normalized spacial score (nSPS) is 29.5. The van der Waals surface area contributed by atoms with E-state index in [0.29, 0.717) is 38.9 Å². The molecule has 5 amide bonds. The molecule has 1 spiro atoms. The first-order chi connectivity index (χ1) is 17.1. The Balaban J connectivity index is 1.25. The van der Waals surface area contributed by atoms with E-state index >= 15 is 0 Å². The molecule has 2 saturated carbocycles. The average molecular weight is 510 g/mol. The summed E-state index contributed by atoms with van der Waals surface area (Å²) in [5, 5.41) is 8.64. The molecule has 3 unspecified atom stereocenters. The van der Waals surface area contributed by atoms with E-state index in [1.54, 1.807) is 24.1 Å². The van der Waals surface area contributed by atoms with Crippen LogP contribution in [0.2, 0.25) is 0 Å². The van der Waals surface area contributed by atoms with Crippen LogP contribution >= 0.6 is 0 Å². The fraction of sp³-hybridized carbons (Fsp3) is 0.625. The number of alkyl halides is 3. The van der Waals surface area contributed by atoms with Crippen molar-refractivity contribution in [3.05, 3.63) is 29.8 Å². The van der Waals surface area contributed by atoms with Gasteiger partial charge in [0, 0.05) is 56.5 Å². The molecule has 5 rings (SSSR count). The van der Waals surface area contributed by atoms with Crippen LogP contribution in [0.4, 0.5) is 22.8 Å². The molecule has 4 fully saturated rings. The van der Waals surface area contributed by atoms with E-state index in [1.165, 1.54) is 12.1 Å². The summed E-state index contributed by atoms with van der Waals surface area (Å²) < 4.78 is 41.1. The number of hydrogen-bond acceptors (Lipinski definition) is 4. The van der Waals surface area contributed by atoms with Crippen molar-refractivity contribution in [3.63, 3.8) is 0 Å². The van der Waals surface area contributed by atoms with Gasteiger partial charge in [-0.2, -0.15) is 0 Å². The molecular formula is C24H30F3N5O4. The van der Waals surface area contributed by atoms with Crippen LogP contribution in [-0.2, 0) is 4.79 Å². The molecular weight excluding hydrogens is 479 g/mol. The Morgan fingerprint density at radius 2 is 1.92 bits per heavy atom. The number of amides is 5. The molecule has 12 heteroatoms. The number of hydrogen-bond donors (Lipinski definition) is 3. The third-order valence-corrected chi connectivity index (χ3v) is 7.53. The number of carbonyl (C=O) groups is 3. The summed E-state index contributed by atoms with van der Waals surface area (Å²) in [5.41, 5.74) is 0.438. The van der Waals surface area contributed by atoms with Gasteiger partial charge in [0.15, 0.2) is 0 Å². The molecule has 36 heavy (non-hydrogen) atoms. The number of benzene rings is 1. The second kappa shape index (κ2) is 9.04. The highest BCUT2D eigenvalue weighted by molar-refractivity contribution is 5.80. The fourth-order valence-corrected chi connectivity index (χ4v) is 5.71. The van der Waals surface area contributed by atoms with Crippen molar-refractivity contribution in [1.82, 2.24) is 25.8 Å². The maximum absolute atomic E-state index is 13.4. The lowest BCUT2D eigenvalue weighted by Crippen LogP contribution is -2.61. The summed E-state index contributed by atoms with van der Waals surface area (Å²) in [6.07, 6.45) is -1.29. The SMILES string of the molecule is CNC(=O)N1C[C@H](N(C(=O)NC2CC2c2ccc(OC(F)(F)F)cc2)C2CC2)CC2(CNC(=O)C2)C1. The molecule has 196 valence electrons. The van der Waals surface area contributed by atoms with Crippen molar-refractivity contribution in [1.29, 1.82) is 0 Å². The predicted molar refractivity (Wildman–Crippen MR) is 122 cm³/mol. The van der Waals surface area contributed by atoms with Gasteiger partial charge >= 0.3 is 18.4 Å². The van der Waals surface area contributed by atoms with Gasteiger partial charge in [-0.3, -0.25) is 4.79 Å². The number of likely N-dealkylation sites (tertiary alicyclic amines) is 1. The topological polar surface area (TPSA) is 103 Å². The highest BCUT2D eigenvalue weighted by Crippen LogP contribution is 2.43. The third-order valence-electron chi connectivity index (χ3n) is 7.53. The molecule has 2 aliphatic heterocycles. The molecule has 2 heterocycles. The van der Waals surface area contributed by atoms with Crippen molar-refractivity contribution in [3.8, 4) is 5.75 Å². The zero-order valence-corrected chi connectivity index (χ0v) is 19.9. The number of rotatable bonds is 5. The summed E-state index contributed by atoms with van der Waals surface area (Å²) in [7, 11) is 1.57. The highest BCUT2D eigenvalue weighted by atomic mass is 19.4. The lowest BCUT2D eigenvalue weighted by molar-refractivity contribution is -0.274. The maximum Gasteiger partial charge on any atom is 0.573 e. The molecule has 3 N–H and O–H groups in total. The number of halogens is 3. The molecule has 4 aliphatic rings. The number of carbonyl (C=O) groups excluding carboxylic acids is 3. The number of nitrogens with zero attached hydrogens (tertiary/aromatic N) is 2. The lowest BCUT2D eigenvalue weighted by atomic mass is 9.76. The maximum atomic E-state index is 13.4. The molecule has 0 bridgehead atoms. The summed E-state index contributed by atoms with van der Waals surface area (Å²) in [6.45, 7) is 1.34. The van der Waals surface area contributed by atoms with Crippen LogP contribution < -0.4 is 20.7 Å². The molecule has 9 nitrogen and oxygen atoms in total. The minimum Gasteiger partial charge on any atom is -0.406 e. The van der Waals surface area contributed by atoms with Crippen LogP contribution in [-0.4, -0.2) is 78.9 Å². The first-order valence-corrected chi connectivity index (χ1v) is 12.2. The summed E-state index contributed by atoms with van der Waals surface area (Å²) in [4.78, 5) is 41.6. The zero-order chi connectivity index (χ0) is 25.7. The second-order valence-corrected chi connectivity index (χ2v) is 10.4. The molecule has 0 radical (unpaired) electrons. The highest BCUT2D eigenvalue weighted by Gasteiger charge is 2.51. The summed E-state index contributed by atoms with van der Waals surface area (Å²) in [5.74, 6) is -0.298. The molecule has 1 aromatic carbocycles. The van der Waals surface area contributed by atoms with Crippen LogP contribution in [0.25, 0.3) is 0 Å². The van der Waals surface area contributed by atoms with Crippen molar-refractivity contribution >= 4 is 18.0 Å². The molecule has 0 aromatic heterocycles. The fourth-order valence-electron chi connectivity index (χ4n) is 5.71. The summed E-state index contributed by atoms with van der Waals surface area (Å²) >= 11 is 0. The third kappa shape index (κ3) is 5.31. The number of urea groups is 2. The second-order valence-electron chi connectivity index (χ2n) is 10.4. The molecule has 2 saturated heterocycles. The Bertz CT molecular complexity index is 1030. The van der Waals surface area contributed by atoms with Crippen LogP contribution in [0.1, 0.15) is 43.6 Å². The van der Waals surface area contributed by atoms with Gasteiger partial charge in [0.1, 0.15) is 5.75 Å².